The average molecular weight is 423 g/mol. The molecule has 0 fully saturated rings. The van der Waals surface area contributed by atoms with Gasteiger partial charge in [0, 0.05) is 5.39 Å². The molecule has 1 heteroatoms. The van der Waals surface area contributed by atoms with Crippen molar-refractivity contribution < 1.29 is 4.74 Å². The number of hydrogen-bond acceptors (Lipinski definition) is 1. The van der Waals surface area contributed by atoms with Gasteiger partial charge in [-0.3, -0.25) is 0 Å². The van der Waals surface area contributed by atoms with Gasteiger partial charge in [0.2, 0.25) is 0 Å². The molecule has 3 aromatic carbocycles. The van der Waals surface area contributed by atoms with Crippen LogP contribution in [-0.4, -0.2) is 7.11 Å². The van der Waals surface area contributed by atoms with Crippen molar-refractivity contribution in [1.29, 1.82) is 0 Å². The number of methoxy groups -OCH3 is 1. The summed E-state index contributed by atoms with van der Waals surface area (Å²) in [6.07, 6.45) is 7.01. The molecular formula is C31H34O. The van der Waals surface area contributed by atoms with Crippen molar-refractivity contribution in [2.45, 2.75) is 59.8 Å². The van der Waals surface area contributed by atoms with Crippen molar-refractivity contribution >= 4 is 16.3 Å². The van der Waals surface area contributed by atoms with E-state index in [1.165, 1.54) is 49.7 Å². The Hall–Kier alpha value is -2.80. The van der Waals surface area contributed by atoms with Crippen LogP contribution in [0.3, 0.4) is 0 Å². The minimum atomic E-state index is 0.0396. The molecule has 0 amide bonds. The molecule has 0 spiro atoms. The second kappa shape index (κ2) is 7.10. The molecule has 0 saturated carbocycles. The van der Waals surface area contributed by atoms with Crippen LogP contribution in [0.15, 0.2) is 60.2 Å². The van der Waals surface area contributed by atoms with Gasteiger partial charge in [-0.15, -0.1) is 0 Å². The highest BCUT2D eigenvalue weighted by molar-refractivity contribution is 6.07. The van der Waals surface area contributed by atoms with Gasteiger partial charge in [-0.2, -0.15) is 0 Å². The van der Waals surface area contributed by atoms with E-state index in [-0.39, 0.29) is 10.8 Å². The maximum absolute atomic E-state index is 6.12. The highest BCUT2D eigenvalue weighted by Crippen LogP contribution is 2.54. The van der Waals surface area contributed by atoms with Crippen molar-refractivity contribution in [2.75, 3.05) is 7.11 Å². The summed E-state index contributed by atoms with van der Waals surface area (Å²) in [6, 6.07) is 15.5. The summed E-state index contributed by atoms with van der Waals surface area (Å²) in [4.78, 5) is 0. The van der Waals surface area contributed by atoms with Crippen molar-refractivity contribution in [3.8, 4) is 16.9 Å². The van der Waals surface area contributed by atoms with Crippen LogP contribution in [0.4, 0.5) is 0 Å². The van der Waals surface area contributed by atoms with E-state index >= 15 is 0 Å². The van der Waals surface area contributed by atoms with E-state index in [1.807, 2.05) is 7.11 Å². The van der Waals surface area contributed by atoms with Gasteiger partial charge in [0.1, 0.15) is 5.75 Å². The third kappa shape index (κ3) is 3.05. The number of fused-ring (bicyclic) bond motifs is 4. The highest BCUT2D eigenvalue weighted by Gasteiger charge is 2.38. The molecular weight excluding hydrogens is 388 g/mol. The zero-order valence-corrected chi connectivity index (χ0v) is 20.5. The fourth-order valence-electron chi connectivity index (χ4n) is 6.14. The number of allylic oxidation sites excluding steroid dienone is 4. The standard InChI is InChI=1S/C31H34O/c1-19-20(2)29(32-7)27-25(26(19)21-11-9-8-10-12-21)14-13-24-23-15-16-30(3,4)17-22(23)18-31(5,6)28(24)27/h8-16H,17-18H2,1-7H3. The molecule has 2 aliphatic rings. The van der Waals surface area contributed by atoms with Crippen molar-refractivity contribution in [3.63, 3.8) is 0 Å². The molecule has 0 N–H and O–H groups in total. The van der Waals surface area contributed by atoms with Crippen molar-refractivity contribution in [2.24, 2.45) is 5.41 Å². The van der Waals surface area contributed by atoms with Crippen LogP contribution in [0.5, 0.6) is 5.75 Å². The summed E-state index contributed by atoms with van der Waals surface area (Å²) in [5.41, 5.74) is 11.3. The maximum atomic E-state index is 6.12. The molecule has 0 aliphatic heterocycles. The fourth-order valence-corrected chi connectivity index (χ4v) is 6.14. The zero-order chi connectivity index (χ0) is 22.8. The topological polar surface area (TPSA) is 9.23 Å². The Bertz CT molecular complexity index is 1300. The highest BCUT2D eigenvalue weighted by atomic mass is 16.5. The lowest BCUT2D eigenvalue weighted by Crippen LogP contribution is -2.28. The smallest absolute Gasteiger partial charge is 0.130 e. The summed E-state index contributed by atoms with van der Waals surface area (Å²) in [6.45, 7) is 14.0. The summed E-state index contributed by atoms with van der Waals surface area (Å²) in [5.74, 6) is 1.03. The van der Waals surface area contributed by atoms with Gasteiger partial charge in [-0.25, -0.2) is 0 Å². The van der Waals surface area contributed by atoms with E-state index in [0.717, 1.165) is 18.6 Å². The van der Waals surface area contributed by atoms with E-state index in [0.29, 0.717) is 0 Å². The second-order valence-corrected chi connectivity index (χ2v) is 11.0. The molecule has 1 nitrogen and oxygen atoms in total. The Balaban J connectivity index is 1.92. The monoisotopic (exact) mass is 422 g/mol. The maximum Gasteiger partial charge on any atom is 0.130 e. The normalized spacial score (nSPS) is 18.5. The van der Waals surface area contributed by atoms with Crippen LogP contribution in [0, 0.1) is 19.3 Å². The van der Waals surface area contributed by atoms with Crippen molar-refractivity contribution in [3.05, 3.63) is 82.4 Å². The summed E-state index contributed by atoms with van der Waals surface area (Å²) in [5, 5.41) is 2.59. The fraction of sp³-hybridized carbons (Fsp3) is 0.355. The van der Waals surface area contributed by atoms with Gasteiger partial charge in [0.05, 0.1) is 7.11 Å². The first-order chi connectivity index (χ1) is 15.1. The molecule has 2 aliphatic carbocycles. The van der Waals surface area contributed by atoms with E-state index in [1.54, 1.807) is 5.57 Å². The zero-order valence-electron chi connectivity index (χ0n) is 20.5. The summed E-state index contributed by atoms with van der Waals surface area (Å²) >= 11 is 0. The first kappa shape index (κ1) is 21.1. The van der Waals surface area contributed by atoms with Gasteiger partial charge in [0.15, 0.2) is 0 Å². The number of benzene rings is 3. The SMILES string of the molecule is COc1c(C)c(C)c(-c2ccccc2)c2ccc3c(c12)C(C)(C)CC1=C3C=CC(C)(C)C1. The minimum Gasteiger partial charge on any atom is -0.496 e. The van der Waals surface area contributed by atoms with Gasteiger partial charge >= 0.3 is 0 Å². The third-order valence-corrected chi connectivity index (χ3v) is 7.62. The Morgan fingerprint density at radius 1 is 0.844 bits per heavy atom. The molecule has 0 bridgehead atoms. The van der Waals surface area contributed by atoms with Gasteiger partial charge < -0.3 is 4.74 Å². The van der Waals surface area contributed by atoms with Gasteiger partial charge in [0.25, 0.3) is 0 Å². The summed E-state index contributed by atoms with van der Waals surface area (Å²) < 4.78 is 6.12. The number of rotatable bonds is 2. The number of ether oxygens (including phenoxy) is 1. The predicted octanol–water partition coefficient (Wildman–Crippen LogP) is 8.55. The molecule has 0 heterocycles. The van der Waals surface area contributed by atoms with Crippen LogP contribution in [-0.2, 0) is 5.41 Å². The average Bonchev–Trinajstić information content (AvgIpc) is 2.74. The summed E-state index contributed by atoms with van der Waals surface area (Å²) in [7, 11) is 1.83. The Labute approximate surface area is 192 Å². The Morgan fingerprint density at radius 3 is 2.25 bits per heavy atom. The van der Waals surface area contributed by atoms with E-state index in [2.05, 4.69) is 96.2 Å². The predicted molar refractivity (Wildman–Crippen MR) is 138 cm³/mol. The molecule has 0 atom stereocenters. The van der Waals surface area contributed by atoms with Gasteiger partial charge in [-0.05, 0) is 81.9 Å². The van der Waals surface area contributed by atoms with E-state index < -0.39 is 0 Å². The Kier molecular flexibility index (Phi) is 4.68. The van der Waals surface area contributed by atoms with E-state index in [4.69, 9.17) is 4.74 Å². The molecule has 164 valence electrons. The van der Waals surface area contributed by atoms with Crippen LogP contribution >= 0.6 is 0 Å². The molecule has 5 rings (SSSR count). The van der Waals surface area contributed by atoms with Crippen LogP contribution < -0.4 is 4.74 Å². The first-order valence-corrected chi connectivity index (χ1v) is 11.8. The number of hydrogen-bond donors (Lipinski definition) is 0. The molecule has 0 unspecified atom stereocenters. The largest absolute Gasteiger partial charge is 0.496 e. The van der Waals surface area contributed by atoms with Crippen LogP contribution in [0.1, 0.15) is 62.8 Å². The van der Waals surface area contributed by atoms with Gasteiger partial charge in [-0.1, -0.05) is 87.9 Å². The molecule has 0 saturated heterocycles. The third-order valence-electron chi connectivity index (χ3n) is 7.62. The second-order valence-electron chi connectivity index (χ2n) is 11.0. The molecule has 0 radical (unpaired) electrons. The molecule has 0 aromatic heterocycles. The first-order valence-electron chi connectivity index (χ1n) is 11.8. The lowest BCUT2D eigenvalue weighted by Gasteiger charge is -2.41. The van der Waals surface area contributed by atoms with Crippen LogP contribution in [0.25, 0.3) is 27.5 Å². The molecule has 3 aromatic rings. The minimum absolute atomic E-state index is 0.0396. The van der Waals surface area contributed by atoms with E-state index in [9.17, 15) is 0 Å². The lowest BCUT2D eigenvalue weighted by atomic mass is 9.64. The van der Waals surface area contributed by atoms with Crippen molar-refractivity contribution in [1.82, 2.24) is 0 Å². The lowest BCUT2D eigenvalue weighted by molar-refractivity contribution is 0.412. The van der Waals surface area contributed by atoms with Crippen LogP contribution in [0.2, 0.25) is 0 Å². The molecule has 32 heavy (non-hydrogen) atoms. The quantitative estimate of drug-likeness (QED) is 0.402. The Morgan fingerprint density at radius 2 is 1.56 bits per heavy atom.